The molecule has 0 radical (unpaired) electrons. The fourth-order valence-corrected chi connectivity index (χ4v) is 2.95. The van der Waals surface area contributed by atoms with Gasteiger partial charge in [-0.05, 0) is 24.3 Å². The average Bonchev–Trinajstić information content (AvgIpc) is 2.64. The molecule has 1 aliphatic heterocycles. The van der Waals surface area contributed by atoms with Crippen molar-refractivity contribution in [2.75, 3.05) is 12.4 Å². The summed E-state index contributed by atoms with van der Waals surface area (Å²) in [7, 11) is -4.16. The van der Waals surface area contributed by atoms with E-state index in [2.05, 4.69) is 17.2 Å². The summed E-state index contributed by atoms with van der Waals surface area (Å²) in [6.07, 6.45) is -10.9. The minimum atomic E-state index is -5.83. The molecule has 7 N–H and O–H groups in total. The zero-order chi connectivity index (χ0) is 22.0. The molecule has 164 valence electrons. The molecule has 0 aromatic heterocycles. The molecule has 1 saturated heterocycles. The lowest BCUT2D eigenvalue weighted by atomic mass is 9.97. The van der Waals surface area contributed by atoms with E-state index in [4.69, 9.17) is 19.3 Å². The number of hydrogen-bond acceptors (Lipinski definition) is 8. The maximum atomic E-state index is 13.7. The van der Waals surface area contributed by atoms with Crippen LogP contribution in [-0.2, 0) is 9.30 Å². The number of halogens is 2. The lowest BCUT2D eigenvalue weighted by molar-refractivity contribution is -0.279. The number of anilines is 1. The van der Waals surface area contributed by atoms with Crippen LogP contribution in [0, 0.1) is 0 Å². The molecule has 0 unspecified atom stereocenters. The Kier molecular flexibility index (Phi) is 7.23. The van der Waals surface area contributed by atoms with Gasteiger partial charge in [0.25, 0.3) is 0 Å². The van der Waals surface area contributed by atoms with Crippen molar-refractivity contribution in [1.82, 2.24) is 5.32 Å². The summed E-state index contributed by atoms with van der Waals surface area (Å²) in [4.78, 5) is 17.5. The van der Waals surface area contributed by atoms with Crippen LogP contribution in [0.4, 0.5) is 14.5 Å². The van der Waals surface area contributed by atoms with Crippen molar-refractivity contribution >= 4 is 13.3 Å². The zero-order valence-electron chi connectivity index (χ0n) is 15.3. The smallest absolute Gasteiger partial charge is 0.394 e. The van der Waals surface area contributed by atoms with Crippen LogP contribution in [-0.4, -0.2) is 68.5 Å². The van der Waals surface area contributed by atoms with Crippen LogP contribution in [0.15, 0.2) is 36.7 Å². The van der Waals surface area contributed by atoms with Gasteiger partial charge in [0.15, 0.2) is 0 Å². The van der Waals surface area contributed by atoms with Crippen LogP contribution in [0.2, 0.25) is 0 Å². The van der Waals surface area contributed by atoms with Gasteiger partial charge in [-0.3, -0.25) is 4.57 Å². The second-order valence-electron chi connectivity index (χ2n) is 6.42. The summed E-state index contributed by atoms with van der Waals surface area (Å²) < 4.78 is 48.7. The van der Waals surface area contributed by atoms with Gasteiger partial charge < -0.3 is 45.2 Å². The third-order valence-electron chi connectivity index (χ3n) is 4.24. The highest BCUT2D eigenvalue weighted by molar-refractivity contribution is 7.53. The largest absolute Gasteiger partial charge is 0.462 e. The predicted molar refractivity (Wildman–Crippen MR) is 97.2 cm³/mol. The number of rotatable bonds is 8. The molecule has 0 aliphatic carbocycles. The lowest BCUT2D eigenvalue weighted by Gasteiger charge is -2.41. The Morgan fingerprint density at radius 3 is 2.31 bits per heavy atom. The van der Waals surface area contributed by atoms with E-state index >= 15 is 0 Å². The Bertz CT molecular complexity index is 760. The molecule has 0 bridgehead atoms. The van der Waals surface area contributed by atoms with Crippen molar-refractivity contribution in [2.45, 2.75) is 42.8 Å². The van der Waals surface area contributed by atoms with E-state index in [1.54, 1.807) is 19.2 Å². The van der Waals surface area contributed by atoms with Gasteiger partial charge in [-0.15, -0.1) is 0 Å². The average molecular weight is 440 g/mol. The molecule has 0 spiro atoms. The quantitative estimate of drug-likeness (QED) is 0.277. The van der Waals surface area contributed by atoms with E-state index in [0.717, 1.165) is 0 Å². The van der Waals surface area contributed by atoms with Gasteiger partial charge in [0.1, 0.15) is 24.1 Å². The summed E-state index contributed by atoms with van der Waals surface area (Å²) in [5.74, 6) is 0.661. The molecule has 1 aliphatic rings. The first-order chi connectivity index (χ1) is 13.4. The van der Waals surface area contributed by atoms with Crippen molar-refractivity contribution in [3.05, 3.63) is 36.7 Å². The Morgan fingerprint density at radius 2 is 1.79 bits per heavy atom. The SMILES string of the molecule is C=C(NC)Nc1ccc(O[C@H]2O[C@H](CC(F)(F)P(=O)(O)O)[C@@H](O)[C@H](O)[C@@H]2O)cc1. The monoisotopic (exact) mass is 440 g/mol. The van der Waals surface area contributed by atoms with Gasteiger partial charge in [0.05, 0.1) is 18.3 Å². The number of aliphatic hydroxyl groups is 3. The van der Waals surface area contributed by atoms with Crippen molar-refractivity contribution in [2.24, 2.45) is 0 Å². The molecule has 1 aromatic carbocycles. The van der Waals surface area contributed by atoms with E-state index in [0.29, 0.717) is 11.5 Å². The van der Waals surface area contributed by atoms with Gasteiger partial charge in [-0.2, -0.15) is 8.78 Å². The van der Waals surface area contributed by atoms with E-state index < -0.39 is 50.4 Å². The molecular formula is C16H23F2N2O8P. The van der Waals surface area contributed by atoms with Gasteiger partial charge in [0.2, 0.25) is 6.29 Å². The van der Waals surface area contributed by atoms with Crippen molar-refractivity contribution in [3.8, 4) is 5.75 Å². The summed E-state index contributed by atoms with van der Waals surface area (Å²) >= 11 is 0. The van der Waals surface area contributed by atoms with Crippen LogP contribution >= 0.6 is 7.60 Å². The Balaban J connectivity index is 2.11. The number of hydrogen-bond donors (Lipinski definition) is 7. The second-order valence-corrected chi connectivity index (χ2v) is 8.17. The first-order valence-electron chi connectivity index (χ1n) is 8.39. The third-order valence-corrected chi connectivity index (χ3v) is 5.28. The van der Waals surface area contributed by atoms with Gasteiger partial charge in [0, 0.05) is 12.7 Å². The maximum Gasteiger partial charge on any atom is 0.394 e. The number of benzene rings is 1. The molecular weight excluding hydrogens is 417 g/mol. The molecule has 13 heteroatoms. The van der Waals surface area contributed by atoms with Gasteiger partial charge in [-0.25, -0.2) is 0 Å². The standard InChI is InChI=1S/C16H23F2N2O8P/c1-8(19-2)20-9-3-5-10(6-4-9)27-15-14(23)13(22)12(21)11(28-15)7-16(17,18)29(24,25)26/h3-6,11-15,19-23H,1,7H2,2H3,(H2,24,25,26)/t11-,12-,13+,14+,15+/m1/s1. The van der Waals surface area contributed by atoms with E-state index in [-0.39, 0.29) is 5.75 Å². The van der Waals surface area contributed by atoms with Crippen molar-refractivity contribution in [3.63, 3.8) is 0 Å². The van der Waals surface area contributed by atoms with E-state index in [9.17, 15) is 28.7 Å². The highest BCUT2D eigenvalue weighted by Gasteiger charge is 2.55. The highest BCUT2D eigenvalue weighted by atomic mass is 31.2. The Hall–Kier alpha value is -1.79. The number of ether oxygens (including phenoxy) is 2. The topological polar surface area (TPSA) is 161 Å². The molecule has 0 amide bonds. The summed E-state index contributed by atoms with van der Waals surface area (Å²) in [5.41, 5.74) is -3.87. The summed E-state index contributed by atoms with van der Waals surface area (Å²) in [6, 6.07) is 6.07. The van der Waals surface area contributed by atoms with Gasteiger partial charge >= 0.3 is 13.3 Å². The van der Waals surface area contributed by atoms with Crippen LogP contribution in [0.3, 0.4) is 0 Å². The third kappa shape index (κ3) is 5.64. The first-order valence-corrected chi connectivity index (χ1v) is 10.0. The molecule has 5 atom stereocenters. The fraction of sp³-hybridized carbons (Fsp3) is 0.500. The van der Waals surface area contributed by atoms with Crippen LogP contribution in [0.25, 0.3) is 0 Å². The lowest BCUT2D eigenvalue weighted by Crippen LogP contribution is -2.60. The number of nitrogens with one attached hydrogen (secondary N) is 2. The van der Waals surface area contributed by atoms with E-state index in [1.165, 1.54) is 12.1 Å². The Morgan fingerprint density at radius 1 is 1.21 bits per heavy atom. The maximum absolute atomic E-state index is 13.7. The zero-order valence-corrected chi connectivity index (χ0v) is 16.2. The van der Waals surface area contributed by atoms with Crippen LogP contribution in [0.5, 0.6) is 5.75 Å². The molecule has 1 fully saturated rings. The first kappa shape index (κ1) is 23.5. The highest BCUT2D eigenvalue weighted by Crippen LogP contribution is 2.55. The summed E-state index contributed by atoms with van der Waals surface area (Å²) in [6.45, 7) is 3.69. The van der Waals surface area contributed by atoms with E-state index in [1.807, 2.05) is 0 Å². The summed E-state index contributed by atoms with van der Waals surface area (Å²) in [5, 5.41) is 35.5. The van der Waals surface area contributed by atoms with Crippen molar-refractivity contribution < 1.29 is 47.9 Å². The fourth-order valence-electron chi connectivity index (χ4n) is 2.53. The molecule has 1 heterocycles. The molecule has 0 saturated carbocycles. The molecule has 29 heavy (non-hydrogen) atoms. The molecule has 1 aromatic rings. The minimum Gasteiger partial charge on any atom is -0.462 e. The second kappa shape index (κ2) is 8.92. The number of aliphatic hydroxyl groups excluding tert-OH is 3. The van der Waals surface area contributed by atoms with Gasteiger partial charge in [-0.1, -0.05) is 6.58 Å². The number of alkyl halides is 2. The predicted octanol–water partition coefficient (Wildman–Crippen LogP) is 0.136. The van der Waals surface area contributed by atoms with Crippen LogP contribution in [0.1, 0.15) is 6.42 Å². The van der Waals surface area contributed by atoms with Crippen LogP contribution < -0.4 is 15.4 Å². The van der Waals surface area contributed by atoms with Crippen molar-refractivity contribution in [1.29, 1.82) is 0 Å². The minimum absolute atomic E-state index is 0.138. The Labute approximate surface area is 164 Å². The normalized spacial score (nSPS) is 27.9. The molecule has 2 rings (SSSR count). The molecule has 10 nitrogen and oxygen atoms in total.